The fourth-order valence-corrected chi connectivity index (χ4v) is 3.10. The molecule has 0 saturated carbocycles. The molecule has 2 aromatic carbocycles. The highest BCUT2D eigenvalue weighted by Crippen LogP contribution is 2.27. The van der Waals surface area contributed by atoms with Crippen molar-refractivity contribution in [2.75, 3.05) is 14.2 Å². The number of hydrogen-bond donors (Lipinski definition) is 1. The van der Waals surface area contributed by atoms with Gasteiger partial charge in [-0.3, -0.25) is 0 Å². The van der Waals surface area contributed by atoms with Crippen molar-refractivity contribution in [2.45, 2.75) is 33.0 Å². The smallest absolute Gasteiger partial charge is 0.161 e. The summed E-state index contributed by atoms with van der Waals surface area (Å²) in [4.78, 5) is 4.78. The van der Waals surface area contributed by atoms with Crippen molar-refractivity contribution >= 4 is 11.0 Å². The van der Waals surface area contributed by atoms with E-state index >= 15 is 0 Å². The van der Waals surface area contributed by atoms with E-state index in [1.165, 1.54) is 5.52 Å². The van der Waals surface area contributed by atoms with E-state index in [1.807, 2.05) is 24.3 Å². The van der Waals surface area contributed by atoms with Crippen LogP contribution in [0.5, 0.6) is 11.5 Å². The summed E-state index contributed by atoms with van der Waals surface area (Å²) in [5, 5.41) is 3.48. The van der Waals surface area contributed by atoms with Gasteiger partial charge in [0.05, 0.1) is 31.8 Å². The van der Waals surface area contributed by atoms with Crippen LogP contribution in [0.3, 0.4) is 0 Å². The first-order chi connectivity index (χ1) is 12.1. The van der Waals surface area contributed by atoms with Gasteiger partial charge < -0.3 is 19.4 Å². The number of ether oxygens (including phenoxy) is 2. The van der Waals surface area contributed by atoms with Crippen LogP contribution in [0, 0.1) is 0 Å². The number of nitrogens with one attached hydrogen (secondary N) is 1. The molecule has 0 bridgehead atoms. The highest BCUT2D eigenvalue weighted by molar-refractivity contribution is 5.76. The van der Waals surface area contributed by atoms with Crippen molar-refractivity contribution in [3.05, 3.63) is 53.9 Å². The van der Waals surface area contributed by atoms with Crippen LogP contribution in [0.1, 0.15) is 31.3 Å². The molecule has 3 rings (SSSR count). The van der Waals surface area contributed by atoms with Gasteiger partial charge in [0.15, 0.2) is 11.5 Å². The Balaban J connectivity index is 1.74. The van der Waals surface area contributed by atoms with E-state index in [0.29, 0.717) is 12.6 Å². The van der Waals surface area contributed by atoms with E-state index in [2.05, 4.69) is 41.9 Å². The van der Waals surface area contributed by atoms with E-state index in [9.17, 15) is 0 Å². The van der Waals surface area contributed by atoms with E-state index in [0.717, 1.165) is 34.9 Å². The van der Waals surface area contributed by atoms with Gasteiger partial charge in [-0.15, -0.1) is 0 Å². The van der Waals surface area contributed by atoms with Crippen molar-refractivity contribution in [1.29, 1.82) is 0 Å². The maximum Gasteiger partial charge on any atom is 0.161 e. The molecule has 5 heteroatoms. The predicted molar refractivity (Wildman–Crippen MR) is 100 cm³/mol. The summed E-state index contributed by atoms with van der Waals surface area (Å²) in [5.74, 6) is 2.54. The zero-order valence-electron chi connectivity index (χ0n) is 15.2. The van der Waals surface area contributed by atoms with E-state index < -0.39 is 0 Å². The second-order valence-electron chi connectivity index (χ2n) is 6.27. The Morgan fingerprint density at radius 2 is 1.76 bits per heavy atom. The molecule has 1 heterocycles. The van der Waals surface area contributed by atoms with Crippen LogP contribution < -0.4 is 14.8 Å². The maximum absolute atomic E-state index is 5.36. The number of hydrogen-bond acceptors (Lipinski definition) is 4. The third kappa shape index (κ3) is 3.61. The molecule has 0 spiro atoms. The third-order valence-corrected chi connectivity index (χ3v) is 4.25. The first-order valence-electron chi connectivity index (χ1n) is 8.51. The minimum Gasteiger partial charge on any atom is -0.493 e. The fraction of sp³-hybridized carbons (Fsp3) is 0.350. The second-order valence-corrected chi connectivity index (χ2v) is 6.27. The molecule has 5 nitrogen and oxygen atoms in total. The molecule has 25 heavy (non-hydrogen) atoms. The molecule has 0 aliphatic heterocycles. The lowest BCUT2D eigenvalue weighted by Crippen LogP contribution is -2.17. The topological polar surface area (TPSA) is 48.3 Å². The van der Waals surface area contributed by atoms with Crippen LogP contribution >= 0.6 is 0 Å². The Morgan fingerprint density at radius 1 is 1.00 bits per heavy atom. The van der Waals surface area contributed by atoms with Gasteiger partial charge in [-0.05, 0) is 43.7 Å². The summed E-state index contributed by atoms with van der Waals surface area (Å²) in [6.07, 6.45) is 0. The standard InChI is InChI=1S/C20H25N3O2/c1-14(2)23-17-8-6-5-7-16(17)22-20(23)13-21-12-15-9-10-18(24-3)19(11-15)25-4/h5-11,14,21H,12-13H2,1-4H3. The number of imidazole rings is 1. The minimum atomic E-state index is 0.366. The zero-order valence-corrected chi connectivity index (χ0v) is 15.2. The Labute approximate surface area is 148 Å². The summed E-state index contributed by atoms with van der Waals surface area (Å²) >= 11 is 0. The predicted octanol–water partition coefficient (Wildman–Crippen LogP) is 3.92. The van der Waals surface area contributed by atoms with Crippen molar-refractivity contribution in [2.24, 2.45) is 0 Å². The van der Waals surface area contributed by atoms with Gasteiger partial charge in [-0.1, -0.05) is 18.2 Å². The second kappa shape index (κ2) is 7.57. The Bertz CT molecular complexity index is 855. The first kappa shape index (κ1) is 17.3. The molecule has 132 valence electrons. The number of benzene rings is 2. The van der Waals surface area contributed by atoms with Crippen LogP contribution in [0.4, 0.5) is 0 Å². The number of fused-ring (bicyclic) bond motifs is 1. The van der Waals surface area contributed by atoms with Gasteiger partial charge in [-0.2, -0.15) is 0 Å². The lowest BCUT2D eigenvalue weighted by atomic mass is 10.2. The van der Waals surface area contributed by atoms with E-state index in [-0.39, 0.29) is 0 Å². The van der Waals surface area contributed by atoms with Crippen molar-refractivity contribution in [3.8, 4) is 11.5 Å². The monoisotopic (exact) mass is 339 g/mol. The molecule has 3 aromatic rings. The lowest BCUT2D eigenvalue weighted by Gasteiger charge is -2.14. The Hall–Kier alpha value is -2.53. The maximum atomic E-state index is 5.36. The number of para-hydroxylation sites is 2. The summed E-state index contributed by atoms with van der Waals surface area (Å²) in [6, 6.07) is 14.6. The third-order valence-electron chi connectivity index (χ3n) is 4.25. The molecule has 1 N–H and O–H groups in total. The SMILES string of the molecule is COc1ccc(CNCc2nc3ccccc3n2C(C)C)cc1OC. The molecule has 0 amide bonds. The van der Waals surface area contributed by atoms with Crippen LogP contribution in [0.25, 0.3) is 11.0 Å². The number of methoxy groups -OCH3 is 2. The fourth-order valence-electron chi connectivity index (χ4n) is 3.10. The van der Waals surface area contributed by atoms with Crippen molar-refractivity contribution < 1.29 is 9.47 Å². The van der Waals surface area contributed by atoms with E-state index in [4.69, 9.17) is 14.5 Å². The average molecular weight is 339 g/mol. The molecule has 1 aromatic heterocycles. The first-order valence-corrected chi connectivity index (χ1v) is 8.51. The summed E-state index contributed by atoms with van der Waals surface area (Å²) in [7, 11) is 3.30. The quantitative estimate of drug-likeness (QED) is 0.709. The molecule has 0 aliphatic carbocycles. The molecule has 0 saturated heterocycles. The van der Waals surface area contributed by atoms with Crippen LogP contribution in [0.2, 0.25) is 0 Å². The molecular weight excluding hydrogens is 314 g/mol. The summed E-state index contributed by atoms with van der Waals surface area (Å²) < 4.78 is 12.9. The molecule has 0 fully saturated rings. The summed E-state index contributed by atoms with van der Waals surface area (Å²) in [6.45, 7) is 5.82. The van der Waals surface area contributed by atoms with Crippen molar-refractivity contribution in [1.82, 2.24) is 14.9 Å². The van der Waals surface area contributed by atoms with Gasteiger partial charge in [0.25, 0.3) is 0 Å². The molecule has 0 radical (unpaired) electrons. The van der Waals surface area contributed by atoms with Gasteiger partial charge in [0.1, 0.15) is 5.82 Å². The van der Waals surface area contributed by atoms with Gasteiger partial charge >= 0.3 is 0 Å². The molecule has 0 aliphatic rings. The zero-order chi connectivity index (χ0) is 17.8. The number of rotatable bonds is 7. The normalized spacial score (nSPS) is 11.2. The number of nitrogens with zero attached hydrogens (tertiary/aromatic N) is 2. The van der Waals surface area contributed by atoms with Gasteiger partial charge in [0.2, 0.25) is 0 Å². The highest BCUT2D eigenvalue weighted by atomic mass is 16.5. The van der Waals surface area contributed by atoms with E-state index in [1.54, 1.807) is 14.2 Å². The minimum absolute atomic E-state index is 0.366. The van der Waals surface area contributed by atoms with Crippen LogP contribution in [0.15, 0.2) is 42.5 Å². The Morgan fingerprint density at radius 3 is 2.48 bits per heavy atom. The summed E-state index contributed by atoms with van der Waals surface area (Å²) in [5.41, 5.74) is 3.37. The van der Waals surface area contributed by atoms with Crippen molar-refractivity contribution in [3.63, 3.8) is 0 Å². The van der Waals surface area contributed by atoms with Crippen LogP contribution in [-0.2, 0) is 13.1 Å². The van der Waals surface area contributed by atoms with Gasteiger partial charge in [-0.25, -0.2) is 4.98 Å². The van der Waals surface area contributed by atoms with Crippen LogP contribution in [-0.4, -0.2) is 23.8 Å². The Kier molecular flexibility index (Phi) is 5.24. The molecular formula is C20H25N3O2. The molecule has 0 unspecified atom stereocenters. The number of aromatic nitrogens is 2. The largest absolute Gasteiger partial charge is 0.493 e. The highest BCUT2D eigenvalue weighted by Gasteiger charge is 2.12. The van der Waals surface area contributed by atoms with Gasteiger partial charge in [0, 0.05) is 12.6 Å². The lowest BCUT2D eigenvalue weighted by molar-refractivity contribution is 0.354. The molecule has 0 atom stereocenters. The average Bonchev–Trinajstić information content (AvgIpc) is 3.00.